The Morgan fingerprint density at radius 2 is 1.52 bits per heavy atom. The monoisotopic (exact) mass is 715 g/mol. The summed E-state index contributed by atoms with van der Waals surface area (Å²) in [7, 11) is -4.18. The average Bonchev–Trinajstić information content (AvgIpc) is 3.02. The fourth-order valence-corrected chi connectivity index (χ4v) is 6.77. The Balaban J connectivity index is 1.80. The van der Waals surface area contributed by atoms with E-state index in [0.29, 0.717) is 38.7 Å². The maximum atomic E-state index is 14.4. The Morgan fingerprint density at radius 3 is 2.16 bits per heavy atom. The predicted molar refractivity (Wildman–Crippen MR) is 179 cm³/mol. The molecule has 0 aromatic heterocycles. The van der Waals surface area contributed by atoms with E-state index in [1.807, 2.05) is 37.3 Å². The van der Waals surface area contributed by atoms with E-state index in [0.717, 1.165) is 9.87 Å². The van der Waals surface area contributed by atoms with Crippen LogP contribution in [0.3, 0.4) is 0 Å². The van der Waals surface area contributed by atoms with Crippen molar-refractivity contribution in [3.05, 3.63) is 129 Å². The van der Waals surface area contributed by atoms with Crippen LogP contribution in [0.15, 0.2) is 112 Å². The van der Waals surface area contributed by atoms with Crippen LogP contribution in [-0.4, -0.2) is 44.3 Å². The number of hydrogen-bond donors (Lipinski definition) is 1. The van der Waals surface area contributed by atoms with Gasteiger partial charge >= 0.3 is 0 Å². The van der Waals surface area contributed by atoms with E-state index in [1.165, 1.54) is 17.0 Å². The van der Waals surface area contributed by atoms with Crippen molar-refractivity contribution in [2.75, 3.05) is 17.4 Å². The molecule has 44 heavy (non-hydrogen) atoms. The van der Waals surface area contributed by atoms with Crippen molar-refractivity contribution < 1.29 is 18.0 Å². The number of nitrogens with zero attached hydrogens (tertiary/aromatic N) is 2. The fourth-order valence-electron chi connectivity index (χ4n) is 4.63. The van der Waals surface area contributed by atoms with Gasteiger partial charge in [0.1, 0.15) is 12.6 Å². The molecule has 0 fully saturated rings. The lowest BCUT2D eigenvalue weighted by Gasteiger charge is -2.34. The molecule has 0 saturated carbocycles. The molecule has 0 aliphatic rings. The first-order valence-electron chi connectivity index (χ1n) is 14.0. The lowest BCUT2D eigenvalue weighted by molar-refractivity contribution is -0.140. The Morgan fingerprint density at radius 1 is 0.841 bits per heavy atom. The third kappa shape index (κ3) is 8.63. The first kappa shape index (κ1) is 33.5. The topological polar surface area (TPSA) is 86.8 Å². The van der Waals surface area contributed by atoms with Gasteiger partial charge in [-0.1, -0.05) is 107 Å². The molecule has 0 saturated heterocycles. The van der Waals surface area contributed by atoms with Crippen molar-refractivity contribution in [1.29, 1.82) is 0 Å². The van der Waals surface area contributed by atoms with E-state index in [9.17, 15) is 18.0 Å². The quantitative estimate of drug-likeness (QED) is 0.160. The molecule has 0 aliphatic heterocycles. The van der Waals surface area contributed by atoms with Crippen LogP contribution in [0.5, 0.6) is 0 Å². The third-order valence-corrected chi connectivity index (χ3v) is 9.88. The standard InChI is InChI=1S/C33H32BrCl2N3O4S/c1-2-18-37-33(41)31(20-24-10-5-3-6-11-24)38(22-25-16-17-29(35)30(36)19-25)32(40)23-39(27-13-9-12-26(34)21-27)44(42,43)28-14-7-4-8-15-28/h3-17,19,21,31H,2,18,20,22-23H2,1H3,(H,37,41). The minimum atomic E-state index is -4.18. The summed E-state index contributed by atoms with van der Waals surface area (Å²) in [5.41, 5.74) is 1.77. The highest BCUT2D eigenvalue weighted by Gasteiger charge is 2.34. The number of halogens is 3. The van der Waals surface area contributed by atoms with E-state index in [-0.39, 0.29) is 23.8 Å². The predicted octanol–water partition coefficient (Wildman–Crippen LogP) is 7.12. The fraction of sp³-hybridized carbons (Fsp3) is 0.212. The molecule has 4 aromatic rings. The Bertz CT molecular complexity index is 1690. The van der Waals surface area contributed by atoms with Crippen molar-refractivity contribution in [2.24, 2.45) is 0 Å². The molecule has 7 nitrogen and oxygen atoms in total. The van der Waals surface area contributed by atoms with Crippen LogP contribution in [0.4, 0.5) is 5.69 Å². The molecular formula is C33H32BrCl2N3O4S. The second-order valence-corrected chi connectivity index (χ2v) is 13.7. The zero-order chi connectivity index (χ0) is 31.7. The molecule has 11 heteroatoms. The highest BCUT2D eigenvalue weighted by molar-refractivity contribution is 9.10. The first-order valence-corrected chi connectivity index (χ1v) is 17.0. The number of carbonyl (C=O) groups excluding carboxylic acids is 2. The van der Waals surface area contributed by atoms with Crippen LogP contribution < -0.4 is 9.62 Å². The van der Waals surface area contributed by atoms with Gasteiger partial charge < -0.3 is 10.2 Å². The molecule has 4 aromatic carbocycles. The summed E-state index contributed by atoms with van der Waals surface area (Å²) >= 11 is 15.9. The van der Waals surface area contributed by atoms with Crippen molar-refractivity contribution in [3.8, 4) is 0 Å². The normalized spacial score (nSPS) is 11.9. The molecule has 1 N–H and O–H groups in total. The molecule has 4 rings (SSSR count). The number of anilines is 1. The number of hydrogen-bond acceptors (Lipinski definition) is 4. The van der Waals surface area contributed by atoms with Gasteiger partial charge in [-0.2, -0.15) is 0 Å². The van der Waals surface area contributed by atoms with Crippen molar-refractivity contribution in [1.82, 2.24) is 10.2 Å². The van der Waals surface area contributed by atoms with Gasteiger partial charge in [-0.05, 0) is 60.0 Å². The summed E-state index contributed by atoms with van der Waals surface area (Å²) in [4.78, 5) is 29.6. The zero-order valence-corrected chi connectivity index (χ0v) is 27.9. The van der Waals surface area contributed by atoms with Crippen molar-refractivity contribution in [3.63, 3.8) is 0 Å². The number of nitrogens with one attached hydrogen (secondary N) is 1. The van der Waals surface area contributed by atoms with E-state index < -0.39 is 28.5 Å². The molecule has 0 bridgehead atoms. The Hall–Kier alpha value is -3.37. The zero-order valence-electron chi connectivity index (χ0n) is 24.0. The van der Waals surface area contributed by atoms with Gasteiger partial charge in [0, 0.05) is 24.0 Å². The SMILES string of the molecule is CCCNC(=O)C(Cc1ccccc1)N(Cc1ccc(Cl)c(Cl)c1)C(=O)CN(c1cccc(Br)c1)S(=O)(=O)c1ccccc1. The van der Waals surface area contributed by atoms with Gasteiger partial charge in [0.25, 0.3) is 10.0 Å². The number of carbonyl (C=O) groups is 2. The highest BCUT2D eigenvalue weighted by Crippen LogP contribution is 2.28. The van der Waals surface area contributed by atoms with Crippen LogP contribution in [0.1, 0.15) is 24.5 Å². The number of amides is 2. The smallest absolute Gasteiger partial charge is 0.264 e. The van der Waals surface area contributed by atoms with E-state index in [2.05, 4.69) is 21.2 Å². The lowest BCUT2D eigenvalue weighted by Crippen LogP contribution is -2.53. The summed E-state index contributed by atoms with van der Waals surface area (Å²) in [5.74, 6) is -0.910. The highest BCUT2D eigenvalue weighted by atomic mass is 79.9. The van der Waals surface area contributed by atoms with Crippen LogP contribution in [0.2, 0.25) is 10.0 Å². The number of sulfonamides is 1. The van der Waals surface area contributed by atoms with Gasteiger partial charge in [-0.15, -0.1) is 0 Å². The van der Waals surface area contributed by atoms with Crippen molar-refractivity contribution >= 4 is 66.7 Å². The largest absolute Gasteiger partial charge is 0.354 e. The second kappa shape index (κ2) is 15.6. The third-order valence-electron chi connectivity index (χ3n) is 6.86. The van der Waals surface area contributed by atoms with E-state index >= 15 is 0 Å². The summed E-state index contributed by atoms with van der Waals surface area (Å²) < 4.78 is 29.7. The maximum Gasteiger partial charge on any atom is 0.264 e. The minimum absolute atomic E-state index is 0.00945. The van der Waals surface area contributed by atoms with Crippen molar-refractivity contribution in [2.45, 2.75) is 37.2 Å². The summed E-state index contributed by atoms with van der Waals surface area (Å²) in [6, 6.07) is 28.1. The van der Waals surface area contributed by atoms with Crippen LogP contribution in [0.25, 0.3) is 0 Å². The van der Waals surface area contributed by atoms with E-state index in [1.54, 1.807) is 60.7 Å². The van der Waals surface area contributed by atoms with Crippen LogP contribution in [0, 0.1) is 0 Å². The molecular weight excluding hydrogens is 685 g/mol. The number of rotatable bonds is 13. The first-order chi connectivity index (χ1) is 21.1. The van der Waals surface area contributed by atoms with Gasteiger partial charge in [-0.3, -0.25) is 13.9 Å². The minimum Gasteiger partial charge on any atom is -0.354 e. The van der Waals surface area contributed by atoms with Gasteiger partial charge in [0.2, 0.25) is 11.8 Å². The molecule has 1 atom stereocenters. The molecule has 0 spiro atoms. The Kier molecular flexibility index (Phi) is 11.9. The molecule has 2 amide bonds. The lowest BCUT2D eigenvalue weighted by atomic mass is 10.0. The number of benzene rings is 4. The second-order valence-electron chi connectivity index (χ2n) is 10.1. The summed E-state index contributed by atoms with van der Waals surface area (Å²) in [6.45, 7) is 1.80. The summed E-state index contributed by atoms with van der Waals surface area (Å²) in [5, 5.41) is 3.58. The van der Waals surface area contributed by atoms with Crippen LogP contribution >= 0.6 is 39.1 Å². The van der Waals surface area contributed by atoms with Crippen LogP contribution in [-0.2, 0) is 32.6 Å². The molecule has 0 aliphatic carbocycles. The average molecular weight is 718 g/mol. The van der Waals surface area contributed by atoms with Gasteiger partial charge in [-0.25, -0.2) is 8.42 Å². The molecule has 0 radical (unpaired) electrons. The molecule has 1 unspecified atom stereocenters. The molecule has 0 heterocycles. The Labute approximate surface area is 277 Å². The maximum absolute atomic E-state index is 14.4. The van der Waals surface area contributed by atoms with E-state index in [4.69, 9.17) is 23.2 Å². The van der Waals surface area contributed by atoms with Gasteiger partial charge in [0.05, 0.1) is 20.6 Å². The summed E-state index contributed by atoms with van der Waals surface area (Å²) in [6.07, 6.45) is 0.919. The molecule has 230 valence electrons. The van der Waals surface area contributed by atoms with Gasteiger partial charge in [0.15, 0.2) is 0 Å².